The molecule has 0 spiro atoms. The molecule has 1 atom stereocenters. The topological polar surface area (TPSA) is 97.8 Å². The number of carbonyl (C=O) groups excluding carboxylic acids is 3. The maximum atomic E-state index is 12.3. The lowest BCUT2D eigenvalue weighted by molar-refractivity contribution is -0.170. The zero-order chi connectivity index (χ0) is 19.1. The number of carbonyl (C=O) groups is 3. The van der Waals surface area contributed by atoms with Crippen molar-refractivity contribution in [1.29, 1.82) is 0 Å². The first-order valence-electron chi connectivity index (χ1n) is 7.70. The summed E-state index contributed by atoms with van der Waals surface area (Å²) in [6, 6.07) is 11.9. The fourth-order valence-corrected chi connectivity index (χ4v) is 3.19. The Balaban J connectivity index is 1.76. The van der Waals surface area contributed by atoms with Gasteiger partial charge < -0.3 is 4.84 Å². The molecule has 2 aromatic rings. The molecule has 1 aliphatic rings. The van der Waals surface area contributed by atoms with Crippen LogP contribution in [0.5, 0.6) is 0 Å². The highest BCUT2D eigenvalue weighted by atomic mass is 32.2. The Morgan fingerprint density at radius 1 is 0.962 bits per heavy atom. The number of amides is 2. The molecule has 0 fully saturated rings. The van der Waals surface area contributed by atoms with Gasteiger partial charge in [0, 0.05) is 6.26 Å². The van der Waals surface area contributed by atoms with E-state index in [9.17, 15) is 22.8 Å². The summed E-state index contributed by atoms with van der Waals surface area (Å²) in [6.45, 7) is 1.54. The molecule has 1 unspecified atom stereocenters. The predicted molar refractivity (Wildman–Crippen MR) is 91.0 cm³/mol. The van der Waals surface area contributed by atoms with Gasteiger partial charge in [-0.1, -0.05) is 29.3 Å². The molecule has 0 radical (unpaired) electrons. The van der Waals surface area contributed by atoms with Gasteiger partial charge in [-0.3, -0.25) is 9.59 Å². The molecule has 1 heterocycles. The molecule has 0 aliphatic carbocycles. The van der Waals surface area contributed by atoms with E-state index in [1.165, 1.54) is 43.3 Å². The summed E-state index contributed by atoms with van der Waals surface area (Å²) >= 11 is 0. The van der Waals surface area contributed by atoms with E-state index >= 15 is 0 Å². The molecule has 0 saturated carbocycles. The van der Waals surface area contributed by atoms with Crippen molar-refractivity contribution in [3.63, 3.8) is 0 Å². The van der Waals surface area contributed by atoms with Crippen LogP contribution in [0, 0.1) is 0 Å². The van der Waals surface area contributed by atoms with Crippen LogP contribution < -0.4 is 0 Å². The van der Waals surface area contributed by atoms with Crippen LogP contribution >= 0.6 is 0 Å². The molecule has 1 aliphatic heterocycles. The first-order chi connectivity index (χ1) is 12.2. The zero-order valence-corrected chi connectivity index (χ0v) is 14.8. The number of hydroxylamine groups is 2. The van der Waals surface area contributed by atoms with Crippen molar-refractivity contribution in [2.45, 2.75) is 17.7 Å². The largest absolute Gasteiger partial charge is 0.340 e. The lowest BCUT2D eigenvalue weighted by atomic mass is 10.0. The van der Waals surface area contributed by atoms with E-state index in [0.717, 1.165) is 6.26 Å². The minimum absolute atomic E-state index is 0.127. The average molecular weight is 373 g/mol. The van der Waals surface area contributed by atoms with Crippen LogP contribution in [0.15, 0.2) is 53.4 Å². The molecule has 26 heavy (non-hydrogen) atoms. The van der Waals surface area contributed by atoms with Gasteiger partial charge in [0.25, 0.3) is 11.8 Å². The molecular weight excluding hydrogens is 358 g/mol. The Labute approximate surface area is 150 Å². The van der Waals surface area contributed by atoms with E-state index in [0.29, 0.717) is 10.6 Å². The summed E-state index contributed by atoms with van der Waals surface area (Å²) in [5.41, 5.74) is 0.852. The molecule has 0 bridgehead atoms. The smallest absolute Gasteiger partial charge is 0.329 e. The van der Waals surface area contributed by atoms with E-state index in [-0.39, 0.29) is 16.0 Å². The molecule has 2 amide bonds. The summed E-state index contributed by atoms with van der Waals surface area (Å²) in [5, 5.41) is 0.453. The number of imide groups is 1. The van der Waals surface area contributed by atoms with E-state index in [1.807, 2.05) is 0 Å². The number of hydrogen-bond acceptors (Lipinski definition) is 6. The van der Waals surface area contributed by atoms with Crippen LogP contribution in [-0.2, 0) is 19.5 Å². The van der Waals surface area contributed by atoms with Crippen LogP contribution in [0.25, 0.3) is 0 Å². The Morgan fingerprint density at radius 3 is 1.92 bits per heavy atom. The molecule has 3 rings (SSSR count). The third-order valence-electron chi connectivity index (χ3n) is 4.10. The van der Waals surface area contributed by atoms with Crippen LogP contribution in [0.3, 0.4) is 0 Å². The highest BCUT2D eigenvalue weighted by Gasteiger charge is 2.39. The second-order valence-corrected chi connectivity index (χ2v) is 7.94. The molecule has 8 heteroatoms. The van der Waals surface area contributed by atoms with Crippen LogP contribution in [0.4, 0.5) is 0 Å². The monoisotopic (exact) mass is 373 g/mol. The first kappa shape index (κ1) is 17.8. The Bertz CT molecular complexity index is 975. The van der Waals surface area contributed by atoms with E-state index < -0.39 is 33.5 Å². The fourth-order valence-electron chi connectivity index (χ4n) is 2.56. The standard InChI is InChI=1S/C18H15NO6S/c1-11(12-7-9-13(10-8-12)26(2,23)24)18(22)25-19-16(20)14-5-3-4-6-15(14)17(19)21/h3-11H,1-2H3. The van der Waals surface area contributed by atoms with Gasteiger partial charge in [-0.25, -0.2) is 13.2 Å². The number of fused-ring (bicyclic) bond motifs is 1. The number of hydrogen-bond donors (Lipinski definition) is 0. The first-order valence-corrected chi connectivity index (χ1v) is 9.59. The van der Waals surface area contributed by atoms with Gasteiger partial charge in [-0.15, -0.1) is 0 Å². The second-order valence-electron chi connectivity index (χ2n) is 5.92. The summed E-state index contributed by atoms with van der Waals surface area (Å²) in [5.74, 6) is -2.99. The van der Waals surface area contributed by atoms with Gasteiger partial charge in [0.05, 0.1) is 21.9 Å². The van der Waals surface area contributed by atoms with Crippen LogP contribution in [-0.4, -0.2) is 37.5 Å². The summed E-state index contributed by atoms with van der Waals surface area (Å²) in [6.07, 6.45) is 1.09. The molecule has 0 saturated heterocycles. The second kappa shape index (κ2) is 6.38. The average Bonchev–Trinajstić information content (AvgIpc) is 2.86. The van der Waals surface area contributed by atoms with Gasteiger partial charge in [-0.2, -0.15) is 0 Å². The minimum Gasteiger partial charge on any atom is -0.329 e. The SMILES string of the molecule is CC(C(=O)ON1C(=O)c2ccccc2C1=O)c1ccc(S(C)(=O)=O)cc1. The lowest BCUT2D eigenvalue weighted by Gasteiger charge is -2.16. The molecule has 0 aromatic heterocycles. The highest BCUT2D eigenvalue weighted by molar-refractivity contribution is 7.90. The Hall–Kier alpha value is -3.00. The van der Waals surface area contributed by atoms with Crippen molar-refractivity contribution in [1.82, 2.24) is 5.06 Å². The zero-order valence-electron chi connectivity index (χ0n) is 14.0. The predicted octanol–water partition coefficient (Wildman–Crippen LogP) is 1.95. The van der Waals surface area contributed by atoms with Gasteiger partial charge in [0.15, 0.2) is 9.84 Å². The van der Waals surface area contributed by atoms with Crippen molar-refractivity contribution >= 4 is 27.6 Å². The highest BCUT2D eigenvalue weighted by Crippen LogP contribution is 2.25. The minimum atomic E-state index is -3.34. The van der Waals surface area contributed by atoms with Crippen molar-refractivity contribution < 1.29 is 27.6 Å². The fraction of sp³-hybridized carbons (Fsp3) is 0.167. The third kappa shape index (κ3) is 3.11. The van der Waals surface area contributed by atoms with Crippen molar-refractivity contribution in [3.8, 4) is 0 Å². The number of sulfone groups is 1. The number of benzene rings is 2. The molecule has 134 valence electrons. The van der Waals surface area contributed by atoms with Gasteiger partial charge >= 0.3 is 5.97 Å². The third-order valence-corrected chi connectivity index (χ3v) is 5.23. The molecule has 2 aromatic carbocycles. The maximum Gasteiger partial charge on any atom is 0.340 e. The Kier molecular flexibility index (Phi) is 4.37. The lowest BCUT2D eigenvalue weighted by Crippen LogP contribution is -2.34. The van der Waals surface area contributed by atoms with Crippen LogP contribution in [0.2, 0.25) is 0 Å². The molecular formula is C18H15NO6S. The van der Waals surface area contributed by atoms with E-state index in [2.05, 4.69) is 0 Å². The quantitative estimate of drug-likeness (QED) is 0.760. The normalized spacial score (nSPS) is 14.9. The van der Waals surface area contributed by atoms with Crippen molar-refractivity contribution in [2.75, 3.05) is 6.26 Å². The van der Waals surface area contributed by atoms with Gasteiger partial charge in [-0.05, 0) is 36.8 Å². The van der Waals surface area contributed by atoms with E-state index in [1.54, 1.807) is 12.1 Å². The molecule has 0 N–H and O–H groups in total. The number of rotatable bonds is 4. The van der Waals surface area contributed by atoms with Gasteiger partial charge in [0.2, 0.25) is 0 Å². The van der Waals surface area contributed by atoms with Gasteiger partial charge in [0.1, 0.15) is 0 Å². The van der Waals surface area contributed by atoms with Crippen molar-refractivity contribution in [3.05, 3.63) is 65.2 Å². The Morgan fingerprint density at radius 2 is 1.46 bits per heavy atom. The maximum absolute atomic E-state index is 12.3. The van der Waals surface area contributed by atoms with E-state index in [4.69, 9.17) is 4.84 Å². The summed E-state index contributed by atoms with van der Waals surface area (Å²) < 4.78 is 23.0. The molecule has 7 nitrogen and oxygen atoms in total. The number of nitrogens with zero attached hydrogens (tertiary/aromatic N) is 1. The van der Waals surface area contributed by atoms with Crippen molar-refractivity contribution in [2.24, 2.45) is 0 Å². The van der Waals surface area contributed by atoms with Crippen LogP contribution in [0.1, 0.15) is 39.1 Å². The summed E-state index contributed by atoms with van der Waals surface area (Å²) in [7, 11) is -3.34. The summed E-state index contributed by atoms with van der Waals surface area (Å²) in [4.78, 5) is 41.9.